The van der Waals surface area contributed by atoms with E-state index in [0.29, 0.717) is 25.3 Å². The van der Waals surface area contributed by atoms with Gasteiger partial charge in [-0.3, -0.25) is 5.41 Å². The maximum atomic E-state index is 7.75. The lowest BCUT2D eigenvalue weighted by Crippen LogP contribution is -2.39. The molecule has 112 valence electrons. The highest BCUT2D eigenvalue weighted by Crippen LogP contribution is 2.26. The van der Waals surface area contributed by atoms with Gasteiger partial charge in [0.05, 0.1) is 13.2 Å². The fourth-order valence-electron chi connectivity index (χ4n) is 2.07. The fourth-order valence-corrected chi connectivity index (χ4v) is 2.43. The molecule has 20 heavy (non-hydrogen) atoms. The number of hydrogen-bond donors (Lipinski definition) is 2. The zero-order valence-electron chi connectivity index (χ0n) is 12.1. The molecule has 0 aliphatic carbocycles. The number of rotatable bonds is 8. The Bertz CT molecular complexity index is 454. The zero-order valence-corrected chi connectivity index (χ0v) is 13.7. The molecule has 0 amide bonds. The molecule has 0 saturated heterocycles. The highest BCUT2D eigenvalue weighted by Gasteiger charge is 2.18. The number of nitrogens with one attached hydrogen (secondary N) is 1. The minimum Gasteiger partial charge on any atom is -0.384 e. The van der Waals surface area contributed by atoms with Gasteiger partial charge < -0.3 is 20.1 Å². The summed E-state index contributed by atoms with van der Waals surface area (Å²) >= 11 is 3.41. The van der Waals surface area contributed by atoms with Crippen LogP contribution in [-0.4, -0.2) is 45.9 Å². The Morgan fingerprint density at radius 2 is 2.10 bits per heavy atom. The van der Waals surface area contributed by atoms with Gasteiger partial charge in [-0.2, -0.15) is 0 Å². The Morgan fingerprint density at radius 1 is 1.40 bits per heavy atom. The number of methoxy groups -OCH3 is 2. The SMILES string of the molecule is COCCN(c1ccc(Br)cc1C(=N)N)C(C)COC. The van der Waals surface area contributed by atoms with Crippen molar-refractivity contribution in [1.82, 2.24) is 0 Å². The molecule has 1 atom stereocenters. The lowest BCUT2D eigenvalue weighted by Gasteiger charge is -2.32. The number of hydrogen-bond acceptors (Lipinski definition) is 4. The molecule has 1 unspecified atom stereocenters. The summed E-state index contributed by atoms with van der Waals surface area (Å²) in [5, 5.41) is 7.75. The van der Waals surface area contributed by atoms with Gasteiger partial charge in [0.15, 0.2) is 0 Å². The number of anilines is 1. The minimum atomic E-state index is 0.0494. The quantitative estimate of drug-likeness (QED) is 0.560. The molecular weight excluding hydrogens is 322 g/mol. The maximum absolute atomic E-state index is 7.75. The molecule has 1 aromatic carbocycles. The van der Waals surface area contributed by atoms with E-state index in [-0.39, 0.29) is 11.9 Å². The Kier molecular flexibility index (Phi) is 6.98. The van der Waals surface area contributed by atoms with Gasteiger partial charge in [-0.15, -0.1) is 0 Å². The largest absolute Gasteiger partial charge is 0.384 e. The molecule has 0 spiro atoms. The molecule has 1 rings (SSSR count). The predicted octanol–water partition coefficient (Wildman–Crippen LogP) is 2.22. The van der Waals surface area contributed by atoms with Crippen molar-refractivity contribution in [3.05, 3.63) is 28.2 Å². The van der Waals surface area contributed by atoms with Crippen LogP contribution in [0.15, 0.2) is 22.7 Å². The van der Waals surface area contributed by atoms with Crippen LogP contribution in [0.2, 0.25) is 0 Å². The first kappa shape index (κ1) is 16.9. The topological polar surface area (TPSA) is 71.6 Å². The van der Waals surface area contributed by atoms with E-state index in [9.17, 15) is 0 Å². The standard InChI is InChI=1S/C14H22BrN3O2/c1-10(9-20-3)18(6-7-19-2)13-5-4-11(15)8-12(13)14(16)17/h4-5,8,10H,6-7,9H2,1-3H3,(H3,16,17). The molecule has 0 aromatic heterocycles. The Labute approximate surface area is 128 Å². The molecule has 0 aliphatic rings. The maximum Gasteiger partial charge on any atom is 0.124 e. The fraction of sp³-hybridized carbons (Fsp3) is 0.500. The van der Waals surface area contributed by atoms with Crippen LogP contribution in [0.25, 0.3) is 0 Å². The van der Waals surface area contributed by atoms with Crippen LogP contribution in [0.3, 0.4) is 0 Å². The first-order valence-corrected chi connectivity index (χ1v) is 7.19. The Hall–Kier alpha value is -1.11. The third-order valence-corrected chi connectivity index (χ3v) is 3.53. The Morgan fingerprint density at radius 3 is 2.65 bits per heavy atom. The Balaban J connectivity index is 3.14. The van der Waals surface area contributed by atoms with E-state index >= 15 is 0 Å². The minimum absolute atomic E-state index is 0.0494. The number of amidine groups is 1. The van der Waals surface area contributed by atoms with Crippen molar-refractivity contribution in [3.8, 4) is 0 Å². The van der Waals surface area contributed by atoms with Crippen LogP contribution < -0.4 is 10.6 Å². The first-order chi connectivity index (χ1) is 9.51. The van der Waals surface area contributed by atoms with E-state index in [2.05, 4.69) is 27.8 Å². The van der Waals surface area contributed by atoms with Crippen LogP contribution in [0.5, 0.6) is 0 Å². The summed E-state index contributed by atoms with van der Waals surface area (Å²) in [6.07, 6.45) is 0. The van der Waals surface area contributed by atoms with Crippen molar-refractivity contribution in [1.29, 1.82) is 5.41 Å². The van der Waals surface area contributed by atoms with E-state index in [1.807, 2.05) is 18.2 Å². The van der Waals surface area contributed by atoms with Gasteiger partial charge in [0.1, 0.15) is 5.84 Å². The molecule has 0 heterocycles. The van der Waals surface area contributed by atoms with Gasteiger partial charge in [-0.05, 0) is 25.1 Å². The third-order valence-electron chi connectivity index (χ3n) is 3.03. The second kappa shape index (κ2) is 8.24. The van der Waals surface area contributed by atoms with E-state index in [1.54, 1.807) is 14.2 Å². The molecule has 0 bridgehead atoms. The van der Waals surface area contributed by atoms with Crippen molar-refractivity contribution < 1.29 is 9.47 Å². The molecule has 5 nitrogen and oxygen atoms in total. The molecule has 0 radical (unpaired) electrons. The smallest absolute Gasteiger partial charge is 0.124 e. The summed E-state index contributed by atoms with van der Waals surface area (Å²) < 4.78 is 11.3. The van der Waals surface area contributed by atoms with Crippen molar-refractivity contribution in [2.75, 3.05) is 38.9 Å². The van der Waals surface area contributed by atoms with Gasteiger partial charge in [-0.25, -0.2) is 0 Å². The molecule has 3 N–H and O–H groups in total. The second-order valence-electron chi connectivity index (χ2n) is 4.57. The molecule has 6 heteroatoms. The van der Waals surface area contributed by atoms with Crippen molar-refractivity contribution in [2.24, 2.45) is 5.73 Å². The molecular formula is C14H22BrN3O2. The summed E-state index contributed by atoms with van der Waals surface area (Å²) in [7, 11) is 3.35. The summed E-state index contributed by atoms with van der Waals surface area (Å²) in [6, 6.07) is 5.93. The monoisotopic (exact) mass is 343 g/mol. The van der Waals surface area contributed by atoms with Crippen LogP contribution in [0.1, 0.15) is 12.5 Å². The van der Waals surface area contributed by atoms with Crippen molar-refractivity contribution in [2.45, 2.75) is 13.0 Å². The van der Waals surface area contributed by atoms with E-state index in [1.165, 1.54) is 0 Å². The lowest BCUT2D eigenvalue weighted by molar-refractivity contribution is 0.171. The van der Waals surface area contributed by atoms with Crippen molar-refractivity contribution in [3.63, 3.8) is 0 Å². The van der Waals surface area contributed by atoms with Crippen LogP contribution in [0, 0.1) is 5.41 Å². The van der Waals surface area contributed by atoms with Gasteiger partial charge in [-0.1, -0.05) is 15.9 Å². The average molecular weight is 344 g/mol. The van der Waals surface area contributed by atoms with Gasteiger partial charge in [0, 0.05) is 42.5 Å². The average Bonchev–Trinajstić information content (AvgIpc) is 2.40. The van der Waals surface area contributed by atoms with Crippen LogP contribution >= 0.6 is 15.9 Å². The number of benzene rings is 1. The van der Waals surface area contributed by atoms with Crippen molar-refractivity contribution >= 4 is 27.5 Å². The number of nitrogen functional groups attached to an aromatic ring is 1. The van der Waals surface area contributed by atoms with Gasteiger partial charge in [0.25, 0.3) is 0 Å². The predicted molar refractivity (Wildman–Crippen MR) is 85.7 cm³/mol. The number of nitrogens with two attached hydrogens (primary N) is 1. The first-order valence-electron chi connectivity index (χ1n) is 6.39. The van der Waals surface area contributed by atoms with Gasteiger partial charge >= 0.3 is 0 Å². The molecule has 0 saturated carbocycles. The van der Waals surface area contributed by atoms with E-state index in [0.717, 1.165) is 10.2 Å². The lowest BCUT2D eigenvalue weighted by atomic mass is 10.1. The van der Waals surface area contributed by atoms with E-state index in [4.69, 9.17) is 20.6 Å². The van der Waals surface area contributed by atoms with Crippen LogP contribution in [0.4, 0.5) is 5.69 Å². The second-order valence-corrected chi connectivity index (χ2v) is 5.48. The van der Waals surface area contributed by atoms with E-state index < -0.39 is 0 Å². The highest BCUT2D eigenvalue weighted by atomic mass is 79.9. The molecule has 1 aromatic rings. The normalized spacial score (nSPS) is 12.2. The highest BCUT2D eigenvalue weighted by molar-refractivity contribution is 9.10. The zero-order chi connectivity index (χ0) is 15.1. The summed E-state index contributed by atoms with van der Waals surface area (Å²) in [6.45, 7) is 3.98. The van der Waals surface area contributed by atoms with Crippen LogP contribution in [-0.2, 0) is 9.47 Å². The number of nitrogens with zero attached hydrogens (tertiary/aromatic N) is 1. The molecule has 0 aliphatic heterocycles. The number of halogens is 1. The third kappa shape index (κ3) is 4.47. The summed E-state index contributed by atoms with van der Waals surface area (Å²) in [5.74, 6) is 0.0494. The molecule has 0 fully saturated rings. The van der Waals surface area contributed by atoms with Gasteiger partial charge in [0.2, 0.25) is 0 Å². The summed E-state index contributed by atoms with van der Waals surface area (Å²) in [4.78, 5) is 2.15. The number of ether oxygens (including phenoxy) is 2. The summed E-state index contributed by atoms with van der Waals surface area (Å²) in [5.41, 5.74) is 7.32.